The van der Waals surface area contributed by atoms with Crippen molar-refractivity contribution >= 4 is 34.8 Å². The highest BCUT2D eigenvalue weighted by Crippen LogP contribution is 2.33. The Morgan fingerprint density at radius 2 is 1.95 bits per heavy atom. The minimum absolute atomic E-state index is 0.152. The first-order valence-electron chi connectivity index (χ1n) is 5.38. The van der Waals surface area contributed by atoms with Crippen LogP contribution in [0.1, 0.15) is 12.5 Å². The molecule has 7 heteroatoms. The summed E-state index contributed by atoms with van der Waals surface area (Å²) in [6, 6.07) is 9.23. The third-order valence-electron chi connectivity index (χ3n) is 2.61. The van der Waals surface area contributed by atoms with Crippen LogP contribution in [0.15, 0.2) is 34.6 Å². The lowest BCUT2D eigenvalue weighted by Gasteiger charge is -2.29. The average Bonchev–Trinajstić information content (AvgIpc) is 2.61. The van der Waals surface area contributed by atoms with Crippen molar-refractivity contribution < 1.29 is 4.84 Å². The van der Waals surface area contributed by atoms with Gasteiger partial charge >= 0.3 is 0 Å². The van der Waals surface area contributed by atoms with Gasteiger partial charge in [0.2, 0.25) is 5.66 Å². The van der Waals surface area contributed by atoms with Gasteiger partial charge in [-0.1, -0.05) is 46.9 Å². The molecule has 0 saturated heterocycles. The summed E-state index contributed by atoms with van der Waals surface area (Å²) in [7, 11) is 0. The van der Waals surface area contributed by atoms with Crippen molar-refractivity contribution in [2.45, 2.75) is 19.2 Å². The molecule has 0 aliphatic carbocycles. The molecule has 1 aromatic carbocycles. The second-order valence-electron chi connectivity index (χ2n) is 4.11. The first kappa shape index (κ1) is 14.3. The lowest BCUT2D eigenvalue weighted by molar-refractivity contribution is -0.176. The van der Waals surface area contributed by atoms with E-state index in [-0.39, 0.29) is 16.9 Å². The van der Waals surface area contributed by atoms with Gasteiger partial charge in [0.25, 0.3) is 0 Å². The molecule has 100 valence electrons. The van der Waals surface area contributed by atoms with Crippen LogP contribution in [0.2, 0.25) is 5.02 Å². The Morgan fingerprint density at radius 1 is 1.32 bits per heavy atom. The quantitative estimate of drug-likeness (QED) is 0.866. The molecule has 0 spiro atoms. The van der Waals surface area contributed by atoms with Crippen molar-refractivity contribution in [3.8, 4) is 6.07 Å². The zero-order valence-corrected chi connectivity index (χ0v) is 12.2. The van der Waals surface area contributed by atoms with E-state index in [1.165, 1.54) is 5.06 Å². The number of nitriles is 1. The summed E-state index contributed by atoms with van der Waals surface area (Å²) in [6.07, 6.45) is 0. The van der Waals surface area contributed by atoms with E-state index in [0.717, 1.165) is 5.56 Å². The summed E-state index contributed by atoms with van der Waals surface area (Å²) < 4.78 is 0. The second kappa shape index (κ2) is 5.48. The zero-order valence-electron chi connectivity index (χ0n) is 9.95. The van der Waals surface area contributed by atoms with Crippen molar-refractivity contribution in [2.75, 3.05) is 0 Å². The van der Waals surface area contributed by atoms with Crippen molar-refractivity contribution in [1.29, 1.82) is 5.26 Å². The van der Waals surface area contributed by atoms with E-state index >= 15 is 0 Å². The molecular formula is C12H10Cl3N3O. The summed E-state index contributed by atoms with van der Waals surface area (Å²) in [6.45, 7) is 1.86. The van der Waals surface area contributed by atoms with Gasteiger partial charge in [-0.2, -0.15) is 10.3 Å². The van der Waals surface area contributed by atoms with Gasteiger partial charge in [0, 0.05) is 5.02 Å². The van der Waals surface area contributed by atoms with Gasteiger partial charge in [-0.05, 0) is 24.6 Å². The zero-order chi connectivity index (χ0) is 14.0. The third kappa shape index (κ3) is 2.90. The Bertz CT molecular complexity index is 552. The van der Waals surface area contributed by atoms with Crippen LogP contribution in [0.3, 0.4) is 0 Å². The molecule has 0 saturated carbocycles. The van der Waals surface area contributed by atoms with Gasteiger partial charge in [-0.3, -0.25) is 4.84 Å². The predicted molar refractivity (Wildman–Crippen MR) is 74.0 cm³/mol. The van der Waals surface area contributed by atoms with E-state index in [9.17, 15) is 0 Å². The van der Waals surface area contributed by atoms with Crippen molar-refractivity contribution in [3.05, 3.63) is 45.2 Å². The van der Waals surface area contributed by atoms with E-state index in [4.69, 9.17) is 44.9 Å². The monoisotopic (exact) mass is 317 g/mol. The fourth-order valence-electron chi connectivity index (χ4n) is 1.58. The van der Waals surface area contributed by atoms with E-state index in [2.05, 4.69) is 11.4 Å². The Balaban J connectivity index is 2.09. The van der Waals surface area contributed by atoms with Gasteiger partial charge in [0.05, 0.1) is 0 Å². The van der Waals surface area contributed by atoms with Crippen LogP contribution in [0, 0.1) is 11.3 Å². The molecule has 0 aromatic heterocycles. The van der Waals surface area contributed by atoms with Crippen molar-refractivity contribution in [2.24, 2.45) is 0 Å². The van der Waals surface area contributed by atoms with Crippen molar-refractivity contribution in [1.82, 2.24) is 10.4 Å². The van der Waals surface area contributed by atoms with Crippen LogP contribution in [-0.2, 0) is 11.4 Å². The number of nitrogens with zero attached hydrogens (tertiary/aromatic N) is 2. The van der Waals surface area contributed by atoms with Crippen LogP contribution in [0.5, 0.6) is 0 Å². The Morgan fingerprint density at radius 3 is 2.53 bits per heavy atom. The maximum absolute atomic E-state index is 9.17. The SMILES string of the molecule is CC1(C#N)NC(Cl)=C(Cl)N1OCc1ccc(Cl)cc1. The lowest BCUT2D eigenvalue weighted by atomic mass is 10.2. The normalized spacial score (nSPS) is 22.4. The molecule has 1 aromatic rings. The van der Waals surface area contributed by atoms with E-state index in [1.54, 1.807) is 19.1 Å². The summed E-state index contributed by atoms with van der Waals surface area (Å²) in [4.78, 5) is 5.55. The fourth-order valence-corrected chi connectivity index (χ4v) is 2.23. The molecule has 19 heavy (non-hydrogen) atoms. The molecule has 0 bridgehead atoms. The molecule has 1 atom stereocenters. The number of hydrogen-bond acceptors (Lipinski definition) is 4. The summed E-state index contributed by atoms with van der Waals surface area (Å²) in [5.74, 6) is 0. The molecule has 0 fully saturated rings. The minimum Gasteiger partial charge on any atom is -0.337 e. The predicted octanol–water partition coefficient (Wildman–Crippen LogP) is 3.52. The van der Waals surface area contributed by atoms with Crippen LogP contribution in [-0.4, -0.2) is 10.7 Å². The molecule has 1 aliphatic heterocycles. The molecule has 0 radical (unpaired) electrons. The molecule has 1 N–H and O–H groups in total. The van der Waals surface area contributed by atoms with Crippen LogP contribution >= 0.6 is 34.8 Å². The fraction of sp³-hybridized carbons (Fsp3) is 0.250. The number of benzene rings is 1. The van der Waals surface area contributed by atoms with Gasteiger partial charge in [0.1, 0.15) is 17.8 Å². The highest BCUT2D eigenvalue weighted by molar-refractivity contribution is 6.39. The molecule has 0 amide bonds. The largest absolute Gasteiger partial charge is 0.337 e. The van der Waals surface area contributed by atoms with Gasteiger partial charge < -0.3 is 5.32 Å². The maximum atomic E-state index is 9.17. The highest BCUT2D eigenvalue weighted by Gasteiger charge is 2.42. The first-order chi connectivity index (χ1) is 8.96. The van der Waals surface area contributed by atoms with E-state index < -0.39 is 5.66 Å². The molecule has 1 heterocycles. The smallest absolute Gasteiger partial charge is 0.222 e. The molecular weight excluding hydrogens is 309 g/mol. The Hall–Kier alpha value is -1.12. The molecule has 4 nitrogen and oxygen atoms in total. The lowest BCUT2D eigenvalue weighted by Crippen LogP contribution is -2.48. The topological polar surface area (TPSA) is 48.3 Å². The summed E-state index contributed by atoms with van der Waals surface area (Å²) in [5.41, 5.74) is -0.224. The number of hydroxylamine groups is 2. The number of nitrogens with one attached hydrogen (secondary N) is 1. The number of halogens is 3. The van der Waals surface area contributed by atoms with Crippen molar-refractivity contribution in [3.63, 3.8) is 0 Å². The molecule has 1 unspecified atom stereocenters. The van der Waals surface area contributed by atoms with E-state index in [0.29, 0.717) is 5.02 Å². The van der Waals surface area contributed by atoms with Gasteiger partial charge in [0.15, 0.2) is 5.16 Å². The Kier molecular flexibility index (Phi) is 4.12. The number of rotatable bonds is 3. The van der Waals surface area contributed by atoms with E-state index in [1.807, 2.05) is 12.1 Å². The van der Waals surface area contributed by atoms with Crippen LogP contribution in [0.25, 0.3) is 0 Å². The minimum atomic E-state index is -1.12. The number of hydrogen-bond donors (Lipinski definition) is 1. The first-order valence-corrected chi connectivity index (χ1v) is 6.52. The average molecular weight is 319 g/mol. The van der Waals surface area contributed by atoms with Gasteiger partial charge in [-0.15, -0.1) is 0 Å². The Labute approximate surface area is 126 Å². The summed E-state index contributed by atoms with van der Waals surface area (Å²) >= 11 is 17.7. The second-order valence-corrected chi connectivity index (χ2v) is 5.28. The third-order valence-corrected chi connectivity index (χ3v) is 3.57. The maximum Gasteiger partial charge on any atom is 0.222 e. The van der Waals surface area contributed by atoms with Crippen LogP contribution in [0.4, 0.5) is 0 Å². The molecule has 2 rings (SSSR count). The summed E-state index contributed by atoms with van der Waals surface area (Å²) in [5, 5.41) is 14.2. The van der Waals surface area contributed by atoms with Gasteiger partial charge in [-0.25, -0.2) is 0 Å². The van der Waals surface area contributed by atoms with Crippen LogP contribution < -0.4 is 5.32 Å². The highest BCUT2D eigenvalue weighted by atomic mass is 35.5. The molecule has 1 aliphatic rings. The standard InChI is InChI=1S/C12H10Cl3N3O/c1-12(7-16)17-10(14)11(15)18(12)19-6-8-2-4-9(13)5-3-8/h2-5,17H,6H2,1H3.